The molecule has 0 bridgehead atoms. The van der Waals surface area contributed by atoms with Crippen LogP contribution in [0.5, 0.6) is 0 Å². The van der Waals surface area contributed by atoms with Gasteiger partial charge in [0.05, 0.1) is 21.4 Å². The average molecular weight is 288 g/mol. The van der Waals surface area contributed by atoms with E-state index in [4.69, 9.17) is 9.15 Å². The van der Waals surface area contributed by atoms with Crippen molar-refractivity contribution in [2.24, 2.45) is 0 Å². The van der Waals surface area contributed by atoms with Crippen molar-refractivity contribution in [3.8, 4) is 11.1 Å². The Hall–Kier alpha value is -1.81. The number of hydrogen-bond donors (Lipinski definition) is 0. The summed E-state index contributed by atoms with van der Waals surface area (Å²) in [5.41, 5.74) is 1.81. The van der Waals surface area contributed by atoms with Gasteiger partial charge in [-0.2, -0.15) is 0 Å². The van der Waals surface area contributed by atoms with Crippen molar-refractivity contribution in [3.05, 3.63) is 48.4 Å². The lowest BCUT2D eigenvalue weighted by atomic mass is 10.1. The van der Waals surface area contributed by atoms with Gasteiger partial charge in [0.2, 0.25) is 0 Å². The van der Waals surface area contributed by atoms with E-state index in [1.54, 1.807) is 6.26 Å². The second-order valence-electron chi connectivity index (χ2n) is 5.93. The molecule has 0 fully saturated rings. The van der Waals surface area contributed by atoms with Crippen molar-refractivity contribution in [2.75, 3.05) is 7.11 Å². The highest BCUT2D eigenvalue weighted by molar-refractivity contribution is 6.80. The topological polar surface area (TPSA) is 39.4 Å². The number of ether oxygens (including phenoxy) is 1. The monoisotopic (exact) mass is 288 g/mol. The molecular formula is C16H20O3Si. The summed E-state index contributed by atoms with van der Waals surface area (Å²) in [7, 11) is -0.340. The van der Waals surface area contributed by atoms with Crippen LogP contribution in [0.25, 0.3) is 11.1 Å². The molecule has 3 nitrogen and oxygen atoms in total. The van der Waals surface area contributed by atoms with Crippen molar-refractivity contribution < 1.29 is 13.9 Å². The third-order valence-corrected chi connectivity index (χ3v) is 5.57. The van der Waals surface area contributed by atoms with Crippen LogP contribution in [0.4, 0.5) is 0 Å². The van der Waals surface area contributed by atoms with E-state index in [-0.39, 0.29) is 11.5 Å². The minimum absolute atomic E-state index is 0.210. The first-order valence-corrected chi connectivity index (χ1v) is 10.2. The van der Waals surface area contributed by atoms with Gasteiger partial charge in [0.15, 0.2) is 0 Å². The zero-order valence-electron chi connectivity index (χ0n) is 12.3. The number of carbonyl (C=O) groups excluding carboxylic acids is 1. The summed E-state index contributed by atoms with van der Waals surface area (Å²) in [6.45, 7) is 6.41. The molecule has 0 amide bonds. The first-order valence-electron chi connectivity index (χ1n) is 6.65. The van der Waals surface area contributed by atoms with Crippen LogP contribution in [-0.4, -0.2) is 21.2 Å². The second kappa shape index (κ2) is 5.67. The van der Waals surface area contributed by atoms with E-state index in [9.17, 15) is 4.79 Å². The standard InChI is InChI=1S/C16H20O3Si/c1-18-16(17)15(20(2,3)4)14-10-13(11-19-14)12-8-6-5-7-9-12/h5-11,15H,1-4H3. The Morgan fingerprint density at radius 3 is 2.35 bits per heavy atom. The molecule has 0 aliphatic heterocycles. The van der Waals surface area contributed by atoms with E-state index in [1.807, 2.05) is 36.4 Å². The Labute approximate surface area is 120 Å². The maximum atomic E-state index is 12.1. The van der Waals surface area contributed by atoms with Gasteiger partial charge in [0.25, 0.3) is 0 Å². The molecule has 0 spiro atoms. The summed E-state index contributed by atoms with van der Waals surface area (Å²) in [5.74, 6) is 0.494. The fraction of sp³-hybridized carbons (Fsp3) is 0.312. The van der Waals surface area contributed by atoms with E-state index in [0.717, 1.165) is 11.1 Å². The molecule has 0 N–H and O–H groups in total. The van der Waals surface area contributed by atoms with Crippen LogP contribution < -0.4 is 0 Å². The summed E-state index contributed by atoms with van der Waals surface area (Å²) in [5, 5.41) is 0. The van der Waals surface area contributed by atoms with Crippen LogP contribution in [0.1, 0.15) is 11.3 Å². The molecule has 0 radical (unpaired) electrons. The molecule has 1 heterocycles. The van der Waals surface area contributed by atoms with Crippen LogP contribution in [0.3, 0.4) is 0 Å². The van der Waals surface area contributed by atoms with Gasteiger partial charge in [-0.15, -0.1) is 0 Å². The van der Waals surface area contributed by atoms with Gasteiger partial charge in [-0.25, -0.2) is 0 Å². The Morgan fingerprint density at radius 1 is 1.15 bits per heavy atom. The fourth-order valence-corrected chi connectivity index (χ4v) is 4.13. The number of methoxy groups -OCH3 is 1. The van der Waals surface area contributed by atoms with Crippen LogP contribution in [-0.2, 0) is 9.53 Å². The summed E-state index contributed by atoms with van der Waals surface area (Å²) >= 11 is 0. The van der Waals surface area contributed by atoms with Crippen LogP contribution in [0.2, 0.25) is 19.6 Å². The van der Waals surface area contributed by atoms with Crippen molar-refractivity contribution in [1.29, 1.82) is 0 Å². The minimum Gasteiger partial charge on any atom is -0.469 e. The SMILES string of the molecule is COC(=O)C(c1cc(-c2ccccc2)co1)[Si](C)(C)C. The summed E-state index contributed by atoms with van der Waals surface area (Å²) < 4.78 is 10.6. The summed E-state index contributed by atoms with van der Waals surface area (Å²) in [6, 6.07) is 11.9. The van der Waals surface area contributed by atoms with Crippen LogP contribution in [0.15, 0.2) is 47.1 Å². The predicted molar refractivity (Wildman–Crippen MR) is 82.2 cm³/mol. The van der Waals surface area contributed by atoms with Crippen molar-refractivity contribution in [1.82, 2.24) is 0 Å². The van der Waals surface area contributed by atoms with Gasteiger partial charge in [0.1, 0.15) is 11.3 Å². The lowest BCUT2D eigenvalue weighted by molar-refractivity contribution is -0.140. The van der Waals surface area contributed by atoms with E-state index >= 15 is 0 Å². The smallest absolute Gasteiger partial charge is 0.313 e. The molecule has 0 saturated carbocycles. The van der Waals surface area contributed by atoms with Crippen molar-refractivity contribution in [2.45, 2.75) is 25.2 Å². The number of rotatable bonds is 4. The molecule has 0 saturated heterocycles. The highest BCUT2D eigenvalue weighted by Crippen LogP contribution is 2.32. The lowest BCUT2D eigenvalue weighted by Crippen LogP contribution is -2.37. The lowest BCUT2D eigenvalue weighted by Gasteiger charge is -2.24. The van der Waals surface area contributed by atoms with Gasteiger partial charge in [-0.3, -0.25) is 4.79 Å². The maximum absolute atomic E-state index is 12.1. The van der Waals surface area contributed by atoms with E-state index in [0.29, 0.717) is 5.76 Å². The Morgan fingerprint density at radius 2 is 1.80 bits per heavy atom. The largest absolute Gasteiger partial charge is 0.469 e. The number of esters is 1. The molecule has 0 aliphatic carbocycles. The van der Waals surface area contributed by atoms with Gasteiger partial charge < -0.3 is 9.15 Å². The Bertz CT molecular complexity index is 581. The molecular weight excluding hydrogens is 268 g/mol. The van der Waals surface area contributed by atoms with Crippen LogP contribution >= 0.6 is 0 Å². The first kappa shape index (κ1) is 14.6. The normalized spacial score (nSPS) is 13.0. The molecule has 4 heteroatoms. The summed E-state index contributed by atoms with van der Waals surface area (Å²) in [6.07, 6.45) is 1.71. The van der Waals surface area contributed by atoms with E-state index < -0.39 is 8.07 Å². The van der Waals surface area contributed by atoms with Gasteiger partial charge >= 0.3 is 5.97 Å². The molecule has 106 valence electrons. The number of carbonyl (C=O) groups is 1. The quantitative estimate of drug-likeness (QED) is 0.628. The second-order valence-corrected chi connectivity index (χ2v) is 11.2. The van der Waals surface area contributed by atoms with Gasteiger partial charge in [0, 0.05) is 5.56 Å². The molecule has 1 unspecified atom stereocenters. The highest BCUT2D eigenvalue weighted by atomic mass is 28.3. The van der Waals surface area contributed by atoms with E-state index in [1.165, 1.54) is 7.11 Å². The molecule has 20 heavy (non-hydrogen) atoms. The molecule has 2 aromatic rings. The summed E-state index contributed by atoms with van der Waals surface area (Å²) in [4.78, 5) is 12.1. The Kier molecular flexibility index (Phi) is 4.14. The molecule has 2 rings (SSSR count). The average Bonchev–Trinajstić information content (AvgIpc) is 2.87. The number of hydrogen-bond acceptors (Lipinski definition) is 3. The van der Waals surface area contributed by atoms with Crippen LogP contribution in [0, 0.1) is 0 Å². The van der Waals surface area contributed by atoms with Gasteiger partial charge in [-0.1, -0.05) is 50.0 Å². The van der Waals surface area contributed by atoms with E-state index in [2.05, 4.69) is 19.6 Å². The Balaban J connectivity index is 2.37. The minimum atomic E-state index is -1.77. The number of benzene rings is 1. The molecule has 1 aromatic carbocycles. The third kappa shape index (κ3) is 3.02. The molecule has 0 aliphatic rings. The molecule has 1 atom stereocenters. The first-order chi connectivity index (χ1) is 9.43. The third-order valence-electron chi connectivity index (χ3n) is 3.31. The zero-order valence-corrected chi connectivity index (χ0v) is 13.3. The van der Waals surface area contributed by atoms with Crippen molar-refractivity contribution in [3.63, 3.8) is 0 Å². The van der Waals surface area contributed by atoms with Gasteiger partial charge in [-0.05, 0) is 11.6 Å². The molecule has 1 aromatic heterocycles. The highest BCUT2D eigenvalue weighted by Gasteiger charge is 2.37. The number of furan rings is 1. The maximum Gasteiger partial charge on any atom is 0.313 e. The zero-order chi connectivity index (χ0) is 14.8. The fourth-order valence-electron chi connectivity index (χ4n) is 2.30. The predicted octanol–water partition coefficient (Wildman–Crippen LogP) is 4.08. The van der Waals surface area contributed by atoms with Crippen molar-refractivity contribution >= 4 is 14.0 Å².